The molecule has 2 aliphatic heterocycles. The summed E-state index contributed by atoms with van der Waals surface area (Å²) in [7, 11) is -4.96. The molecule has 33 nitrogen and oxygen atoms in total. The highest BCUT2D eigenvalue weighted by Gasteiger charge is 2.54. The number of nitrogens with zero attached hydrogens (tertiary/aromatic N) is 6. The number of anilines is 2. The minimum absolute atomic E-state index is 0.0292. The molecule has 8 atom stereocenters. The van der Waals surface area contributed by atoms with Crippen molar-refractivity contribution in [2.75, 3.05) is 74.5 Å². The minimum Gasteiger partial charge on any atom is -0.463 e. The van der Waals surface area contributed by atoms with Gasteiger partial charge in [0, 0.05) is 44.0 Å². The van der Waals surface area contributed by atoms with Crippen LogP contribution in [-0.2, 0) is 94.5 Å². The van der Waals surface area contributed by atoms with Crippen LogP contribution in [0.4, 0.5) is 11.9 Å². The van der Waals surface area contributed by atoms with Gasteiger partial charge in [0.2, 0.25) is 23.7 Å². The molecule has 2 unspecified atom stereocenters. The molecule has 0 saturated carbocycles. The van der Waals surface area contributed by atoms with Crippen LogP contribution in [-0.4, -0.2) is 210 Å². The fourth-order valence-electron chi connectivity index (χ4n) is 8.44. The Morgan fingerprint density at radius 3 is 1.17 bits per heavy atom. The molecule has 6 rings (SSSR count). The Hall–Kier alpha value is -5.76. The van der Waals surface area contributed by atoms with Crippen molar-refractivity contribution >= 4 is 109 Å². The van der Waals surface area contributed by atoms with E-state index < -0.39 is 120 Å². The van der Waals surface area contributed by atoms with E-state index in [0.717, 1.165) is 0 Å². The number of carbonyl (C=O) groups excluding carboxylic acids is 6. The Kier molecular flexibility index (Phi) is 29.4. The molecule has 4 aromatic heterocycles. The first kappa shape index (κ1) is 78.9. The lowest BCUT2D eigenvalue weighted by Crippen LogP contribution is -2.51. The van der Waals surface area contributed by atoms with Crippen LogP contribution in [0, 0.1) is 11.8 Å². The number of amides is 2. The number of imidazole rings is 2. The molecule has 2 saturated heterocycles. The predicted octanol–water partition coefficient (Wildman–Crippen LogP) is 5.09. The minimum atomic E-state index is -2.53. The number of fused-ring (bicyclic) bond motifs is 2. The van der Waals surface area contributed by atoms with Crippen LogP contribution < -0.4 is 21.8 Å². The molecule has 6 heterocycles. The van der Waals surface area contributed by atoms with Crippen LogP contribution in [0.2, 0.25) is 36.3 Å². The van der Waals surface area contributed by atoms with Crippen molar-refractivity contribution in [3.63, 3.8) is 0 Å². The second kappa shape index (κ2) is 35.0. The molecule has 2 aliphatic rings. The van der Waals surface area contributed by atoms with Crippen LogP contribution in [0.25, 0.3) is 22.3 Å². The zero-order valence-electron chi connectivity index (χ0n) is 56.6. The highest BCUT2D eigenvalue weighted by molar-refractivity contribution is 14.1. The van der Waals surface area contributed by atoms with Crippen LogP contribution in [0.5, 0.6) is 0 Å². The third-order valence-electron chi connectivity index (χ3n) is 15.4. The smallest absolute Gasteiger partial charge is 0.302 e. The summed E-state index contributed by atoms with van der Waals surface area (Å²) in [5, 5.41) is 15.3. The summed E-state index contributed by atoms with van der Waals surface area (Å²) >= 11 is 2.22. The predicted molar refractivity (Wildman–Crippen MR) is 349 cm³/mol. The molecule has 0 aromatic carbocycles. The number of H-pyrrole nitrogens is 2. The van der Waals surface area contributed by atoms with Gasteiger partial charge in [-0.05, 0) is 36.3 Å². The third kappa shape index (κ3) is 22.1. The van der Waals surface area contributed by atoms with Crippen molar-refractivity contribution in [1.82, 2.24) is 39.0 Å². The number of ether oxygens (including phenoxy) is 12. The van der Waals surface area contributed by atoms with Gasteiger partial charge >= 0.3 is 23.9 Å². The van der Waals surface area contributed by atoms with Crippen molar-refractivity contribution in [2.45, 2.75) is 195 Å². The average Bonchev–Trinajstić information content (AvgIpc) is 1.61. The monoisotopic (exact) mass is 1480 g/mol. The summed E-state index contributed by atoms with van der Waals surface area (Å²) < 4.78 is 86.1. The topological polar surface area (TPSA) is 403 Å². The number of aliphatic hydroxyl groups is 1. The van der Waals surface area contributed by atoms with E-state index in [4.69, 9.17) is 65.7 Å². The van der Waals surface area contributed by atoms with Crippen LogP contribution >= 0.6 is 22.6 Å². The highest BCUT2D eigenvalue weighted by atomic mass is 127. The Labute approximate surface area is 560 Å². The zero-order valence-corrected chi connectivity index (χ0v) is 60.8. The van der Waals surface area contributed by atoms with E-state index in [2.05, 4.69) is 118 Å². The molecule has 0 radical (unpaired) electrons. The van der Waals surface area contributed by atoms with E-state index in [0.29, 0.717) is 4.43 Å². The van der Waals surface area contributed by atoms with Gasteiger partial charge in [-0.25, -0.2) is 9.97 Å². The molecule has 94 heavy (non-hydrogen) atoms. The summed E-state index contributed by atoms with van der Waals surface area (Å²) in [4.78, 5) is 118. The quantitative estimate of drug-likeness (QED) is 0.00808. The summed E-state index contributed by atoms with van der Waals surface area (Å²) in [6, 6.07) is 0. The first-order valence-electron chi connectivity index (χ1n) is 30.6. The zero-order chi connectivity index (χ0) is 70.2. The number of aliphatic hydroxyl groups excluding tert-OH is 1. The Balaban J connectivity index is 0.000000341. The number of carbonyl (C=O) groups is 6. The number of rotatable bonds is 32. The molecule has 0 spiro atoms. The number of aromatic nitrogens is 8. The third-order valence-corrected chi connectivity index (χ3v) is 25.2. The molecular formula is C58H93IN10O23Si2. The number of nitrogens with one attached hydrogen (secondary N) is 4. The van der Waals surface area contributed by atoms with E-state index in [1.807, 2.05) is 13.1 Å². The van der Waals surface area contributed by atoms with Crippen LogP contribution in [0.1, 0.15) is 109 Å². The molecule has 0 aliphatic carbocycles. The van der Waals surface area contributed by atoms with Gasteiger partial charge in [0.15, 0.2) is 51.4 Å². The Bertz CT molecular complexity index is 3050. The standard InChI is InChI=1S/C29H46IN5O11Si.C29H47N5O12Si/c1-16(2)24(38)33-27-32-23-20(25(39)34-27)31-15-35(23)26-22(21(19(14-30)44-26)46-47(8,9)29(5,6)7)45-28(42-12-10-40-17(3)36)43-13-11-41-18(4)37;1-16(2)24(38)32-27-31-23-20(25(39)33-27)30-15-34(23)26-22(21(19(14-35)44-26)46-47(8,9)29(5,6)7)45-28(42-12-10-40-17(3)36)43-13-11-41-18(4)37/h15-16,19,21-22,26,28H,10-14H2,1-9H3,(H2,32,33,34,38,39);15-16,19,21-22,26,28,35H,10-14H2,1-9H3,(H2,31,32,33,38,39)/t2*19-,21?,22+,26-/m11/s1. The Morgan fingerprint density at radius 2 is 0.883 bits per heavy atom. The second-order valence-electron chi connectivity index (χ2n) is 25.5. The average molecular weight is 1480 g/mol. The van der Waals surface area contributed by atoms with Gasteiger partial charge in [-0.2, -0.15) is 9.97 Å². The fourth-order valence-corrected chi connectivity index (χ4v) is 11.8. The van der Waals surface area contributed by atoms with Crippen molar-refractivity contribution in [1.29, 1.82) is 0 Å². The number of hydrogen-bond acceptors (Lipinski definition) is 27. The maximum atomic E-state index is 13.0. The lowest BCUT2D eigenvalue weighted by Gasteiger charge is -2.40. The summed E-state index contributed by atoms with van der Waals surface area (Å²) in [6.45, 7) is 28.9. The van der Waals surface area contributed by atoms with Crippen molar-refractivity contribution in [2.24, 2.45) is 11.8 Å². The summed E-state index contributed by atoms with van der Waals surface area (Å²) in [6.07, 6.45) is -4.10. The molecule has 2 amide bonds. The number of halogens is 1. The number of esters is 4. The van der Waals surface area contributed by atoms with Gasteiger partial charge in [-0.15, -0.1) is 0 Å². The lowest BCUT2D eigenvalue weighted by molar-refractivity contribution is -0.320. The SMILES string of the molecule is CC(=O)OCCOC(OCCOC(C)=O)O[C@H]1C(O[Si](C)(C)C(C)(C)C)[C@@H](CI)O[C@H]1n1cnc2c(=O)[nH]c(NC(=O)C(C)C)nc21.CC(=O)OCCOC(OCCOC(C)=O)O[C@H]1C(O[Si](C)(C)C(C)(C)C)[C@@H](CO)O[C@H]1n1cnc2c(=O)[nH]c(NC(=O)C(C)C)nc21. The molecule has 0 bridgehead atoms. The van der Waals surface area contributed by atoms with Gasteiger partial charge in [0.1, 0.15) is 56.9 Å². The highest BCUT2D eigenvalue weighted by Crippen LogP contribution is 2.45. The molecule has 528 valence electrons. The molecule has 36 heteroatoms. The fraction of sp³-hybridized carbons (Fsp3) is 0.724. The van der Waals surface area contributed by atoms with Gasteiger partial charge in [-0.1, -0.05) is 91.8 Å². The Morgan fingerprint density at radius 1 is 0.564 bits per heavy atom. The molecular weight excluding hydrogens is 1390 g/mol. The van der Waals surface area contributed by atoms with Gasteiger partial charge in [-0.3, -0.25) is 68.1 Å². The van der Waals surface area contributed by atoms with Gasteiger partial charge < -0.3 is 70.8 Å². The number of aromatic amines is 2. The first-order valence-corrected chi connectivity index (χ1v) is 37.9. The van der Waals surface area contributed by atoms with E-state index in [1.54, 1.807) is 32.3 Å². The second-order valence-corrected chi connectivity index (χ2v) is 35.9. The summed E-state index contributed by atoms with van der Waals surface area (Å²) in [5.74, 6) is -3.51. The molecule has 5 N–H and O–H groups in total. The first-order chi connectivity index (χ1) is 43.9. The van der Waals surface area contributed by atoms with E-state index >= 15 is 0 Å². The largest absolute Gasteiger partial charge is 0.463 e. The van der Waals surface area contributed by atoms with Crippen LogP contribution in [0.3, 0.4) is 0 Å². The maximum Gasteiger partial charge on any atom is 0.302 e. The van der Waals surface area contributed by atoms with E-state index in [1.165, 1.54) is 44.9 Å². The molecule has 4 aromatic rings. The van der Waals surface area contributed by atoms with E-state index in [9.17, 15) is 43.5 Å². The number of hydrogen-bond donors (Lipinski definition) is 5. The van der Waals surface area contributed by atoms with E-state index in [-0.39, 0.29) is 121 Å². The maximum absolute atomic E-state index is 13.0. The van der Waals surface area contributed by atoms with Gasteiger partial charge in [0.25, 0.3) is 24.1 Å². The molecule has 2 fully saturated rings. The van der Waals surface area contributed by atoms with Gasteiger partial charge in [0.05, 0.1) is 51.8 Å². The van der Waals surface area contributed by atoms with Crippen molar-refractivity contribution < 1.29 is 99.6 Å². The van der Waals surface area contributed by atoms with Crippen LogP contribution in [0.15, 0.2) is 22.2 Å². The normalized spacial score (nSPS) is 20.3. The van der Waals surface area contributed by atoms with Crippen molar-refractivity contribution in [3.8, 4) is 0 Å². The lowest BCUT2D eigenvalue weighted by atomic mass is 10.1. The van der Waals surface area contributed by atoms with Crippen molar-refractivity contribution in [3.05, 3.63) is 33.4 Å². The summed E-state index contributed by atoms with van der Waals surface area (Å²) in [5.41, 5.74) is -0.939. The number of alkyl halides is 1.